The van der Waals surface area contributed by atoms with E-state index in [1.165, 1.54) is 12.5 Å². The molecule has 0 aliphatic carbocycles. The predicted molar refractivity (Wildman–Crippen MR) is 67.1 cm³/mol. The quantitative estimate of drug-likeness (QED) is 0.786. The maximum absolute atomic E-state index is 13.8. The van der Waals surface area contributed by atoms with E-state index in [2.05, 4.69) is 39.7 Å². The Morgan fingerprint density at radius 1 is 1.38 bits per heavy atom. The standard InChI is InChI=1S/C12H16BrFN2/c1-8-3-9(2)7-16(6-8)12-11(14)4-10(13)5-15-12/h4-5,8-9H,3,6-7H2,1-2H3. The van der Waals surface area contributed by atoms with Gasteiger partial charge < -0.3 is 4.90 Å². The van der Waals surface area contributed by atoms with Gasteiger partial charge in [-0.25, -0.2) is 9.37 Å². The molecular formula is C12H16BrFN2. The fourth-order valence-corrected chi connectivity index (χ4v) is 2.78. The van der Waals surface area contributed by atoms with Gasteiger partial charge >= 0.3 is 0 Å². The zero-order chi connectivity index (χ0) is 11.7. The molecule has 2 unspecified atom stereocenters. The van der Waals surface area contributed by atoms with E-state index >= 15 is 0 Å². The SMILES string of the molecule is CC1CC(C)CN(c2ncc(Br)cc2F)C1. The fraction of sp³-hybridized carbons (Fsp3) is 0.583. The zero-order valence-electron chi connectivity index (χ0n) is 9.58. The van der Waals surface area contributed by atoms with Gasteiger partial charge in [0.25, 0.3) is 0 Å². The van der Waals surface area contributed by atoms with Gasteiger partial charge in [-0.15, -0.1) is 0 Å². The van der Waals surface area contributed by atoms with Gasteiger partial charge in [0.05, 0.1) is 0 Å². The van der Waals surface area contributed by atoms with Crippen molar-refractivity contribution in [2.45, 2.75) is 20.3 Å². The Morgan fingerprint density at radius 2 is 2.00 bits per heavy atom. The fourth-order valence-electron chi connectivity index (χ4n) is 2.48. The summed E-state index contributed by atoms with van der Waals surface area (Å²) in [6.45, 7) is 6.21. The van der Waals surface area contributed by atoms with Gasteiger partial charge in [0.1, 0.15) is 0 Å². The van der Waals surface area contributed by atoms with Crippen molar-refractivity contribution in [1.82, 2.24) is 4.98 Å². The lowest BCUT2D eigenvalue weighted by atomic mass is 9.92. The lowest BCUT2D eigenvalue weighted by Crippen LogP contribution is -2.39. The number of piperidine rings is 1. The summed E-state index contributed by atoms with van der Waals surface area (Å²) in [4.78, 5) is 6.23. The Bertz CT molecular complexity index is 373. The van der Waals surface area contributed by atoms with Gasteiger partial charge in [-0.3, -0.25) is 0 Å². The van der Waals surface area contributed by atoms with Crippen LogP contribution in [0.4, 0.5) is 10.2 Å². The minimum absolute atomic E-state index is 0.240. The molecule has 0 saturated carbocycles. The van der Waals surface area contributed by atoms with Crippen LogP contribution in [0.2, 0.25) is 0 Å². The van der Waals surface area contributed by atoms with Crippen molar-refractivity contribution >= 4 is 21.7 Å². The van der Waals surface area contributed by atoms with E-state index < -0.39 is 0 Å². The van der Waals surface area contributed by atoms with Crippen LogP contribution in [0.5, 0.6) is 0 Å². The highest BCUT2D eigenvalue weighted by Gasteiger charge is 2.24. The van der Waals surface area contributed by atoms with E-state index in [-0.39, 0.29) is 5.82 Å². The summed E-state index contributed by atoms with van der Waals surface area (Å²) in [5, 5.41) is 0. The van der Waals surface area contributed by atoms with Crippen LogP contribution in [-0.4, -0.2) is 18.1 Å². The molecule has 0 radical (unpaired) electrons. The molecule has 1 aliphatic heterocycles. The molecule has 0 amide bonds. The molecule has 1 aromatic heterocycles. The van der Waals surface area contributed by atoms with Crippen molar-refractivity contribution in [1.29, 1.82) is 0 Å². The van der Waals surface area contributed by atoms with Gasteiger partial charge in [0.2, 0.25) is 0 Å². The highest BCUT2D eigenvalue weighted by molar-refractivity contribution is 9.10. The molecule has 0 aromatic carbocycles. The van der Waals surface area contributed by atoms with Crippen LogP contribution in [0.25, 0.3) is 0 Å². The first-order chi connectivity index (χ1) is 7.56. The zero-order valence-corrected chi connectivity index (χ0v) is 11.2. The van der Waals surface area contributed by atoms with Gasteiger partial charge in [-0.05, 0) is 40.3 Å². The highest BCUT2D eigenvalue weighted by atomic mass is 79.9. The van der Waals surface area contributed by atoms with E-state index in [1.54, 1.807) is 6.20 Å². The summed E-state index contributed by atoms with van der Waals surface area (Å²) in [6, 6.07) is 1.48. The van der Waals surface area contributed by atoms with E-state index in [0.29, 0.717) is 22.1 Å². The Hall–Kier alpha value is -0.640. The van der Waals surface area contributed by atoms with Crippen LogP contribution in [0, 0.1) is 17.7 Å². The van der Waals surface area contributed by atoms with Gasteiger partial charge in [0.15, 0.2) is 11.6 Å². The number of aromatic nitrogens is 1. The van der Waals surface area contributed by atoms with Crippen molar-refractivity contribution in [3.63, 3.8) is 0 Å². The van der Waals surface area contributed by atoms with Crippen LogP contribution in [0.15, 0.2) is 16.7 Å². The van der Waals surface area contributed by atoms with E-state index in [4.69, 9.17) is 0 Å². The van der Waals surface area contributed by atoms with Crippen LogP contribution in [0.1, 0.15) is 20.3 Å². The minimum atomic E-state index is -0.240. The van der Waals surface area contributed by atoms with Crippen LogP contribution in [-0.2, 0) is 0 Å². The van der Waals surface area contributed by atoms with Crippen LogP contribution in [0.3, 0.4) is 0 Å². The maximum atomic E-state index is 13.8. The Balaban J connectivity index is 2.23. The number of hydrogen-bond donors (Lipinski definition) is 0. The summed E-state index contributed by atoms with van der Waals surface area (Å²) in [7, 11) is 0. The molecule has 16 heavy (non-hydrogen) atoms. The smallest absolute Gasteiger partial charge is 0.166 e. The van der Waals surface area contributed by atoms with E-state index in [0.717, 1.165) is 13.1 Å². The molecule has 1 aromatic rings. The molecule has 4 heteroatoms. The highest BCUT2D eigenvalue weighted by Crippen LogP contribution is 2.27. The Kier molecular flexibility index (Phi) is 3.47. The lowest BCUT2D eigenvalue weighted by Gasteiger charge is -2.35. The average Bonchev–Trinajstić information content (AvgIpc) is 2.15. The summed E-state index contributed by atoms with van der Waals surface area (Å²) >= 11 is 3.22. The van der Waals surface area contributed by atoms with Crippen molar-refractivity contribution in [3.8, 4) is 0 Å². The van der Waals surface area contributed by atoms with Crippen molar-refractivity contribution < 1.29 is 4.39 Å². The number of anilines is 1. The number of hydrogen-bond acceptors (Lipinski definition) is 2. The molecule has 2 atom stereocenters. The Labute approximate surface area is 104 Å². The molecule has 0 bridgehead atoms. The monoisotopic (exact) mass is 286 g/mol. The molecular weight excluding hydrogens is 271 g/mol. The van der Waals surface area contributed by atoms with Crippen molar-refractivity contribution in [3.05, 3.63) is 22.6 Å². The maximum Gasteiger partial charge on any atom is 0.166 e. The molecule has 1 fully saturated rings. The van der Waals surface area contributed by atoms with Crippen LogP contribution >= 0.6 is 15.9 Å². The second kappa shape index (κ2) is 4.70. The third-order valence-electron chi connectivity index (χ3n) is 2.96. The van der Waals surface area contributed by atoms with Crippen molar-refractivity contribution in [2.75, 3.05) is 18.0 Å². The molecule has 2 nitrogen and oxygen atoms in total. The van der Waals surface area contributed by atoms with Gasteiger partial charge in [-0.1, -0.05) is 13.8 Å². The number of halogens is 2. The summed E-state index contributed by atoms with van der Waals surface area (Å²) in [5.74, 6) is 1.46. The second-order valence-electron chi connectivity index (χ2n) is 4.81. The molecule has 2 rings (SSSR count). The second-order valence-corrected chi connectivity index (χ2v) is 5.73. The largest absolute Gasteiger partial charge is 0.354 e. The third kappa shape index (κ3) is 2.54. The van der Waals surface area contributed by atoms with Gasteiger partial charge in [0, 0.05) is 23.8 Å². The number of pyridine rings is 1. The number of rotatable bonds is 1. The minimum Gasteiger partial charge on any atom is -0.354 e. The first kappa shape index (κ1) is 11.8. The average molecular weight is 287 g/mol. The summed E-state index contributed by atoms with van der Waals surface area (Å²) in [6.07, 6.45) is 2.87. The van der Waals surface area contributed by atoms with Crippen LogP contribution < -0.4 is 4.90 Å². The molecule has 1 saturated heterocycles. The molecule has 2 heterocycles. The molecule has 88 valence electrons. The summed E-state index contributed by atoms with van der Waals surface area (Å²) in [5.41, 5.74) is 0. The molecule has 0 spiro atoms. The van der Waals surface area contributed by atoms with E-state index in [1.807, 2.05) is 0 Å². The van der Waals surface area contributed by atoms with Crippen molar-refractivity contribution in [2.24, 2.45) is 11.8 Å². The number of nitrogens with zero attached hydrogens (tertiary/aromatic N) is 2. The predicted octanol–water partition coefficient (Wildman–Crippen LogP) is 3.47. The van der Waals surface area contributed by atoms with Gasteiger partial charge in [-0.2, -0.15) is 0 Å². The molecule has 1 aliphatic rings. The first-order valence-corrected chi connectivity index (χ1v) is 6.41. The third-order valence-corrected chi connectivity index (χ3v) is 3.39. The van der Waals surface area contributed by atoms with E-state index in [9.17, 15) is 4.39 Å². The Morgan fingerprint density at radius 3 is 2.56 bits per heavy atom. The topological polar surface area (TPSA) is 16.1 Å². The summed E-state index contributed by atoms with van der Waals surface area (Å²) < 4.78 is 14.4. The molecule has 0 N–H and O–H groups in total. The lowest BCUT2D eigenvalue weighted by molar-refractivity contribution is 0.352. The first-order valence-electron chi connectivity index (χ1n) is 5.62. The normalized spacial score (nSPS) is 25.9.